The van der Waals surface area contributed by atoms with Gasteiger partial charge in [0.05, 0.1) is 0 Å². The molecule has 0 saturated heterocycles. The molecule has 1 rings (SSSR count). The third-order valence-electron chi connectivity index (χ3n) is 3.64. The maximum absolute atomic E-state index is 3.55. The molecule has 0 aromatic heterocycles. The van der Waals surface area contributed by atoms with Crippen LogP contribution in [0.5, 0.6) is 0 Å². The third-order valence-corrected chi connectivity index (χ3v) is 4.28. The first-order valence-electron chi connectivity index (χ1n) is 7.56. The second-order valence-corrected chi connectivity index (χ2v) is 6.88. The topological polar surface area (TPSA) is 15.3 Å². The lowest BCUT2D eigenvalue weighted by Gasteiger charge is -2.29. The number of rotatable bonds is 9. The average molecular weight is 295 g/mol. The van der Waals surface area contributed by atoms with E-state index >= 15 is 0 Å². The minimum Gasteiger partial charge on any atom is -0.372 e. The number of nitrogens with zero attached hydrogens (tertiary/aromatic N) is 1. The SMILES string of the molecule is CSCCC(C)N(C)c1ccccc1CNCC(C)C. The predicted molar refractivity (Wildman–Crippen MR) is 93.9 cm³/mol. The largest absolute Gasteiger partial charge is 0.372 e. The Labute approximate surface area is 129 Å². The summed E-state index contributed by atoms with van der Waals surface area (Å²) in [6, 6.07) is 9.33. The zero-order valence-corrected chi connectivity index (χ0v) is 14.5. The van der Waals surface area contributed by atoms with Crippen molar-refractivity contribution in [3.8, 4) is 0 Å². The fourth-order valence-electron chi connectivity index (χ4n) is 2.22. The van der Waals surface area contributed by atoms with Gasteiger partial charge < -0.3 is 10.2 Å². The molecule has 2 nitrogen and oxygen atoms in total. The molecule has 1 aromatic carbocycles. The van der Waals surface area contributed by atoms with Crippen LogP contribution < -0.4 is 10.2 Å². The van der Waals surface area contributed by atoms with Gasteiger partial charge in [-0.1, -0.05) is 32.0 Å². The van der Waals surface area contributed by atoms with Crippen LogP contribution in [-0.2, 0) is 6.54 Å². The Balaban J connectivity index is 2.68. The lowest BCUT2D eigenvalue weighted by atomic mass is 10.1. The second kappa shape index (κ2) is 9.30. The van der Waals surface area contributed by atoms with Crippen LogP contribution in [0, 0.1) is 5.92 Å². The van der Waals surface area contributed by atoms with Gasteiger partial charge in [-0.05, 0) is 49.4 Å². The quantitative estimate of drug-likeness (QED) is 0.741. The molecule has 1 N–H and O–H groups in total. The van der Waals surface area contributed by atoms with Crippen LogP contribution in [0.1, 0.15) is 32.8 Å². The Kier molecular flexibility index (Phi) is 8.08. The van der Waals surface area contributed by atoms with Gasteiger partial charge >= 0.3 is 0 Å². The zero-order chi connectivity index (χ0) is 15.0. The van der Waals surface area contributed by atoms with Crippen molar-refractivity contribution in [2.45, 2.75) is 39.8 Å². The summed E-state index contributed by atoms with van der Waals surface area (Å²) in [5, 5.41) is 3.55. The third kappa shape index (κ3) is 5.76. The van der Waals surface area contributed by atoms with E-state index in [1.54, 1.807) is 0 Å². The van der Waals surface area contributed by atoms with Crippen molar-refractivity contribution in [1.82, 2.24) is 5.32 Å². The van der Waals surface area contributed by atoms with Gasteiger partial charge in [-0.25, -0.2) is 0 Å². The van der Waals surface area contributed by atoms with Gasteiger partial charge in [0, 0.05) is 25.3 Å². The standard InChI is InChI=1S/C17H30N2S/c1-14(2)12-18-13-16-8-6-7-9-17(16)19(4)15(3)10-11-20-5/h6-9,14-15,18H,10-13H2,1-5H3. The fourth-order valence-corrected chi connectivity index (χ4v) is 2.80. The molecular formula is C17H30N2S. The molecule has 114 valence electrons. The number of benzene rings is 1. The molecule has 3 heteroatoms. The van der Waals surface area contributed by atoms with Crippen LogP contribution in [0.4, 0.5) is 5.69 Å². The Morgan fingerprint density at radius 1 is 1.20 bits per heavy atom. The predicted octanol–water partition coefficient (Wildman–Crippen LogP) is 4.01. The zero-order valence-electron chi connectivity index (χ0n) is 13.6. The Morgan fingerprint density at radius 2 is 1.90 bits per heavy atom. The van der Waals surface area contributed by atoms with Crippen LogP contribution in [0.3, 0.4) is 0 Å². The number of hydrogen-bond acceptors (Lipinski definition) is 3. The van der Waals surface area contributed by atoms with Crippen molar-refractivity contribution < 1.29 is 0 Å². The van der Waals surface area contributed by atoms with Crippen LogP contribution in [0.2, 0.25) is 0 Å². The van der Waals surface area contributed by atoms with Crippen LogP contribution >= 0.6 is 11.8 Å². The Hall–Kier alpha value is -0.670. The molecule has 0 amide bonds. The maximum Gasteiger partial charge on any atom is 0.0411 e. The highest BCUT2D eigenvalue weighted by Crippen LogP contribution is 2.22. The number of para-hydroxylation sites is 1. The summed E-state index contributed by atoms with van der Waals surface area (Å²) in [6.45, 7) is 8.83. The van der Waals surface area contributed by atoms with Gasteiger partial charge in [0.25, 0.3) is 0 Å². The van der Waals surface area contributed by atoms with E-state index in [1.165, 1.54) is 23.4 Å². The molecule has 0 fully saturated rings. The maximum atomic E-state index is 3.55. The molecule has 0 radical (unpaired) electrons. The van der Waals surface area contributed by atoms with Gasteiger partial charge in [-0.15, -0.1) is 0 Å². The van der Waals surface area contributed by atoms with E-state index in [0.29, 0.717) is 12.0 Å². The van der Waals surface area contributed by atoms with Gasteiger partial charge in [0.1, 0.15) is 0 Å². The summed E-state index contributed by atoms with van der Waals surface area (Å²) < 4.78 is 0. The van der Waals surface area contributed by atoms with E-state index in [-0.39, 0.29) is 0 Å². The monoisotopic (exact) mass is 294 g/mol. The molecule has 1 aromatic rings. The number of anilines is 1. The highest BCUT2D eigenvalue weighted by molar-refractivity contribution is 7.98. The van der Waals surface area contributed by atoms with E-state index in [0.717, 1.165) is 13.1 Å². The molecule has 0 saturated carbocycles. The molecule has 0 aliphatic carbocycles. The molecule has 1 atom stereocenters. The van der Waals surface area contributed by atoms with Gasteiger partial charge in [-0.3, -0.25) is 0 Å². The van der Waals surface area contributed by atoms with Crippen molar-refractivity contribution in [3.05, 3.63) is 29.8 Å². The van der Waals surface area contributed by atoms with E-state index in [2.05, 4.69) is 68.6 Å². The first-order chi connectivity index (χ1) is 9.56. The van der Waals surface area contributed by atoms with Crippen molar-refractivity contribution in [2.24, 2.45) is 5.92 Å². The van der Waals surface area contributed by atoms with Gasteiger partial charge in [-0.2, -0.15) is 11.8 Å². The number of thioether (sulfide) groups is 1. The molecule has 0 heterocycles. The summed E-state index contributed by atoms with van der Waals surface area (Å²) in [7, 11) is 2.21. The van der Waals surface area contributed by atoms with Crippen molar-refractivity contribution in [1.29, 1.82) is 0 Å². The molecule has 0 aliphatic heterocycles. The molecule has 1 unspecified atom stereocenters. The minimum atomic E-state index is 0.577. The van der Waals surface area contributed by atoms with Crippen molar-refractivity contribution in [2.75, 3.05) is 30.5 Å². The first kappa shape index (κ1) is 17.4. The lowest BCUT2D eigenvalue weighted by molar-refractivity contribution is 0.551. The molecule has 0 bridgehead atoms. The summed E-state index contributed by atoms with van der Waals surface area (Å²) >= 11 is 1.92. The lowest BCUT2D eigenvalue weighted by Crippen LogP contribution is -2.31. The summed E-state index contributed by atoms with van der Waals surface area (Å²) in [5.74, 6) is 1.92. The average Bonchev–Trinajstić information content (AvgIpc) is 2.44. The smallest absolute Gasteiger partial charge is 0.0411 e. The van der Waals surface area contributed by atoms with Crippen molar-refractivity contribution >= 4 is 17.4 Å². The van der Waals surface area contributed by atoms with Crippen LogP contribution in [0.15, 0.2) is 24.3 Å². The van der Waals surface area contributed by atoms with E-state index in [1.807, 2.05) is 11.8 Å². The van der Waals surface area contributed by atoms with Gasteiger partial charge in [0.2, 0.25) is 0 Å². The van der Waals surface area contributed by atoms with Crippen LogP contribution in [-0.4, -0.2) is 31.6 Å². The van der Waals surface area contributed by atoms with Crippen molar-refractivity contribution in [3.63, 3.8) is 0 Å². The summed E-state index contributed by atoms with van der Waals surface area (Å²) in [4.78, 5) is 2.42. The fraction of sp³-hybridized carbons (Fsp3) is 0.647. The van der Waals surface area contributed by atoms with Gasteiger partial charge in [0.15, 0.2) is 0 Å². The summed E-state index contributed by atoms with van der Waals surface area (Å²) in [5.41, 5.74) is 2.75. The molecular weight excluding hydrogens is 264 g/mol. The highest BCUT2D eigenvalue weighted by atomic mass is 32.2. The molecule has 0 spiro atoms. The first-order valence-corrected chi connectivity index (χ1v) is 8.96. The molecule has 0 aliphatic rings. The van der Waals surface area contributed by atoms with E-state index < -0.39 is 0 Å². The van der Waals surface area contributed by atoms with Crippen LogP contribution in [0.25, 0.3) is 0 Å². The second-order valence-electron chi connectivity index (χ2n) is 5.89. The summed E-state index contributed by atoms with van der Waals surface area (Å²) in [6.07, 6.45) is 3.40. The number of nitrogens with one attached hydrogen (secondary N) is 1. The normalized spacial score (nSPS) is 12.7. The Morgan fingerprint density at radius 3 is 2.55 bits per heavy atom. The molecule has 20 heavy (non-hydrogen) atoms. The van der Waals surface area contributed by atoms with E-state index in [4.69, 9.17) is 0 Å². The van der Waals surface area contributed by atoms with E-state index in [9.17, 15) is 0 Å². The minimum absolute atomic E-state index is 0.577. The number of hydrogen-bond donors (Lipinski definition) is 1. The Bertz CT molecular complexity index is 379. The highest BCUT2D eigenvalue weighted by Gasteiger charge is 2.12.